The number of hydrogen-bond donors (Lipinski definition) is 3. The number of rotatable bonds is 3. The van der Waals surface area contributed by atoms with Gasteiger partial charge in [0.2, 0.25) is 0 Å². The van der Waals surface area contributed by atoms with Gasteiger partial charge in [0.15, 0.2) is 0 Å². The Balaban J connectivity index is 1.76. The molecule has 1 unspecified atom stereocenters. The molecular formula is C15H19N3O. The zero-order valence-corrected chi connectivity index (χ0v) is 11.3. The number of amides is 1. The van der Waals surface area contributed by atoms with Gasteiger partial charge in [-0.05, 0) is 36.0 Å². The standard InChI is InChI=1S/C15H19N3O/c1-15(2)6-9(15)7-18-14(19)12-8-17-13-4-3-10(16)5-11(12)13/h3-5,8-9,17H,6-7,16H2,1-2H3,(H,18,19). The number of nitrogens with two attached hydrogens (primary N) is 1. The summed E-state index contributed by atoms with van der Waals surface area (Å²) < 4.78 is 0. The fourth-order valence-corrected chi connectivity index (χ4v) is 2.56. The van der Waals surface area contributed by atoms with E-state index in [9.17, 15) is 4.79 Å². The van der Waals surface area contributed by atoms with Gasteiger partial charge in [0.25, 0.3) is 5.91 Å². The number of aromatic nitrogens is 1. The molecule has 1 fully saturated rings. The van der Waals surface area contributed by atoms with Gasteiger partial charge in [-0.1, -0.05) is 13.8 Å². The minimum absolute atomic E-state index is 0.0282. The van der Waals surface area contributed by atoms with Gasteiger partial charge in [-0.15, -0.1) is 0 Å². The summed E-state index contributed by atoms with van der Waals surface area (Å²) in [6.07, 6.45) is 2.94. The number of fused-ring (bicyclic) bond motifs is 1. The van der Waals surface area contributed by atoms with E-state index >= 15 is 0 Å². The molecule has 1 heterocycles. The van der Waals surface area contributed by atoms with Crippen molar-refractivity contribution < 1.29 is 4.79 Å². The van der Waals surface area contributed by atoms with Crippen LogP contribution in [0.1, 0.15) is 30.6 Å². The van der Waals surface area contributed by atoms with Gasteiger partial charge in [0, 0.05) is 29.3 Å². The van der Waals surface area contributed by atoms with E-state index in [0.29, 0.717) is 22.6 Å². The molecule has 4 nitrogen and oxygen atoms in total. The van der Waals surface area contributed by atoms with E-state index in [1.165, 1.54) is 6.42 Å². The van der Waals surface area contributed by atoms with E-state index in [1.807, 2.05) is 18.2 Å². The quantitative estimate of drug-likeness (QED) is 0.739. The van der Waals surface area contributed by atoms with Crippen molar-refractivity contribution in [2.45, 2.75) is 20.3 Å². The molecule has 100 valence electrons. The third kappa shape index (κ3) is 2.18. The predicted molar refractivity (Wildman–Crippen MR) is 76.9 cm³/mol. The second-order valence-electron chi connectivity index (χ2n) is 6.11. The van der Waals surface area contributed by atoms with Crippen LogP contribution in [0, 0.1) is 11.3 Å². The Kier molecular flexibility index (Phi) is 2.55. The number of nitrogens with one attached hydrogen (secondary N) is 2. The molecule has 1 atom stereocenters. The summed E-state index contributed by atoms with van der Waals surface area (Å²) in [5.74, 6) is 0.575. The van der Waals surface area contributed by atoms with Crippen LogP contribution in [0.4, 0.5) is 5.69 Å². The summed E-state index contributed by atoms with van der Waals surface area (Å²) in [6, 6.07) is 5.56. The molecular weight excluding hydrogens is 238 g/mol. The van der Waals surface area contributed by atoms with Crippen molar-refractivity contribution in [1.29, 1.82) is 0 Å². The number of benzene rings is 1. The molecule has 1 aliphatic carbocycles. The van der Waals surface area contributed by atoms with Crippen molar-refractivity contribution >= 4 is 22.5 Å². The topological polar surface area (TPSA) is 70.9 Å². The largest absolute Gasteiger partial charge is 0.399 e. The molecule has 0 spiro atoms. The van der Waals surface area contributed by atoms with Crippen molar-refractivity contribution in [3.63, 3.8) is 0 Å². The van der Waals surface area contributed by atoms with Gasteiger partial charge in [0.1, 0.15) is 0 Å². The molecule has 1 aromatic carbocycles. The van der Waals surface area contributed by atoms with E-state index in [1.54, 1.807) is 6.20 Å². The van der Waals surface area contributed by atoms with Gasteiger partial charge in [-0.3, -0.25) is 4.79 Å². The predicted octanol–water partition coefficient (Wildman–Crippen LogP) is 2.53. The summed E-state index contributed by atoms with van der Waals surface area (Å²) in [6.45, 7) is 5.22. The average molecular weight is 257 g/mol. The van der Waals surface area contributed by atoms with Gasteiger partial charge in [-0.2, -0.15) is 0 Å². The maximum absolute atomic E-state index is 12.2. The second kappa shape index (κ2) is 4.02. The maximum Gasteiger partial charge on any atom is 0.253 e. The van der Waals surface area contributed by atoms with Crippen LogP contribution in [0.2, 0.25) is 0 Å². The summed E-state index contributed by atoms with van der Waals surface area (Å²) in [7, 11) is 0. The van der Waals surface area contributed by atoms with Crippen LogP contribution < -0.4 is 11.1 Å². The molecule has 0 bridgehead atoms. The Hall–Kier alpha value is -1.97. The highest BCUT2D eigenvalue weighted by Gasteiger charge is 2.45. The average Bonchev–Trinajstić information content (AvgIpc) is 2.79. The fraction of sp³-hybridized carbons (Fsp3) is 0.400. The first-order chi connectivity index (χ1) is 8.97. The van der Waals surface area contributed by atoms with Crippen molar-refractivity contribution in [2.24, 2.45) is 11.3 Å². The smallest absolute Gasteiger partial charge is 0.253 e. The van der Waals surface area contributed by atoms with E-state index in [4.69, 9.17) is 5.73 Å². The first-order valence-electron chi connectivity index (χ1n) is 6.62. The lowest BCUT2D eigenvalue weighted by Gasteiger charge is -2.06. The van der Waals surface area contributed by atoms with Crippen LogP contribution >= 0.6 is 0 Å². The molecule has 0 saturated heterocycles. The monoisotopic (exact) mass is 257 g/mol. The SMILES string of the molecule is CC1(C)CC1CNC(=O)c1c[nH]c2ccc(N)cc12. The minimum atomic E-state index is -0.0282. The zero-order chi connectivity index (χ0) is 13.6. The van der Waals surface area contributed by atoms with Crippen LogP contribution in [-0.2, 0) is 0 Å². The molecule has 2 aromatic rings. The second-order valence-corrected chi connectivity index (χ2v) is 6.11. The highest BCUT2D eigenvalue weighted by molar-refractivity contribution is 6.07. The highest BCUT2D eigenvalue weighted by atomic mass is 16.1. The van der Waals surface area contributed by atoms with Gasteiger partial charge in [-0.25, -0.2) is 0 Å². The third-order valence-corrected chi connectivity index (χ3v) is 4.18. The van der Waals surface area contributed by atoms with Crippen molar-refractivity contribution in [3.8, 4) is 0 Å². The van der Waals surface area contributed by atoms with Crippen LogP contribution in [0.5, 0.6) is 0 Å². The van der Waals surface area contributed by atoms with E-state index < -0.39 is 0 Å². The molecule has 0 aliphatic heterocycles. The van der Waals surface area contributed by atoms with E-state index in [-0.39, 0.29) is 5.91 Å². The number of H-pyrrole nitrogens is 1. The normalized spacial score (nSPS) is 20.4. The molecule has 1 saturated carbocycles. The Morgan fingerprint density at radius 2 is 2.26 bits per heavy atom. The molecule has 0 radical (unpaired) electrons. The first kappa shape index (κ1) is 12.1. The number of anilines is 1. The molecule has 19 heavy (non-hydrogen) atoms. The molecule has 1 aromatic heterocycles. The molecule has 1 aliphatic rings. The highest BCUT2D eigenvalue weighted by Crippen LogP contribution is 2.51. The zero-order valence-electron chi connectivity index (χ0n) is 11.3. The number of nitrogen functional groups attached to an aromatic ring is 1. The Labute approximate surface area is 112 Å². The van der Waals surface area contributed by atoms with Gasteiger partial charge in [0.05, 0.1) is 5.56 Å². The van der Waals surface area contributed by atoms with Crippen LogP contribution in [0.3, 0.4) is 0 Å². The Morgan fingerprint density at radius 3 is 2.95 bits per heavy atom. The van der Waals surface area contributed by atoms with Crippen molar-refractivity contribution in [1.82, 2.24) is 10.3 Å². The number of aromatic amines is 1. The summed E-state index contributed by atoms with van der Waals surface area (Å²) in [5, 5.41) is 3.90. The Bertz CT molecular complexity index is 642. The van der Waals surface area contributed by atoms with Gasteiger partial charge < -0.3 is 16.0 Å². The Morgan fingerprint density at radius 1 is 1.53 bits per heavy atom. The van der Waals surface area contributed by atoms with Crippen LogP contribution in [0.25, 0.3) is 10.9 Å². The van der Waals surface area contributed by atoms with Crippen LogP contribution in [-0.4, -0.2) is 17.4 Å². The van der Waals surface area contributed by atoms with Gasteiger partial charge >= 0.3 is 0 Å². The first-order valence-corrected chi connectivity index (χ1v) is 6.62. The lowest BCUT2D eigenvalue weighted by Crippen LogP contribution is -2.26. The maximum atomic E-state index is 12.2. The minimum Gasteiger partial charge on any atom is -0.399 e. The van der Waals surface area contributed by atoms with Crippen molar-refractivity contribution in [3.05, 3.63) is 30.0 Å². The molecule has 4 heteroatoms. The summed E-state index contributed by atoms with van der Waals surface area (Å²) in [4.78, 5) is 15.3. The number of carbonyl (C=O) groups is 1. The molecule has 3 rings (SSSR count). The van der Waals surface area contributed by atoms with E-state index in [2.05, 4.69) is 24.1 Å². The number of carbonyl (C=O) groups excluding carboxylic acids is 1. The lowest BCUT2D eigenvalue weighted by atomic mass is 10.1. The lowest BCUT2D eigenvalue weighted by molar-refractivity contribution is 0.0952. The van der Waals surface area contributed by atoms with Crippen LogP contribution in [0.15, 0.2) is 24.4 Å². The number of hydrogen-bond acceptors (Lipinski definition) is 2. The fourth-order valence-electron chi connectivity index (χ4n) is 2.56. The van der Waals surface area contributed by atoms with Crippen molar-refractivity contribution in [2.75, 3.05) is 12.3 Å². The van der Waals surface area contributed by atoms with E-state index in [0.717, 1.165) is 17.4 Å². The summed E-state index contributed by atoms with van der Waals surface area (Å²) in [5.41, 5.74) is 8.44. The third-order valence-electron chi connectivity index (χ3n) is 4.18. The summed E-state index contributed by atoms with van der Waals surface area (Å²) >= 11 is 0. The molecule has 4 N–H and O–H groups in total. The molecule has 1 amide bonds.